The van der Waals surface area contributed by atoms with Crippen molar-refractivity contribution < 1.29 is 0 Å². The Labute approximate surface area is 93.9 Å². The SMILES string of the molecule is CCCc1cccc(CCC(C)NC)c1. The first-order valence-corrected chi connectivity index (χ1v) is 6.01. The second-order valence-corrected chi connectivity index (χ2v) is 4.30. The predicted octanol–water partition coefficient (Wildman–Crippen LogP) is 3.18. The summed E-state index contributed by atoms with van der Waals surface area (Å²) in [5.41, 5.74) is 2.95. The fourth-order valence-corrected chi connectivity index (χ4v) is 1.76. The van der Waals surface area contributed by atoms with Crippen LogP contribution in [0.1, 0.15) is 37.8 Å². The molecule has 0 heterocycles. The molecular formula is C14H23N. The normalized spacial score (nSPS) is 12.7. The van der Waals surface area contributed by atoms with Crippen LogP contribution in [0.5, 0.6) is 0 Å². The van der Waals surface area contributed by atoms with E-state index >= 15 is 0 Å². The van der Waals surface area contributed by atoms with Crippen molar-refractivity contribution >= 4 is 0 Å². The van der Waals surface area contributed by atoms with E-state index in [1.165, 1.54) is 36.8 Å². The van der Waals surface area contributed by atoms with Crippen molar-refractivity contribution in [3.8, 4) is 0 Å². The van der Waals surface area contributed by atoms with Gasteiger partial charge in [0.25, 0.3) is 0 Å². The summed E-state index contributed by atoms with van der Waals surface area (Å²) in [6.45, 7) is 4.46. The number of hydrogen-bond donors (Lipinski definition) is 1. The highest BCUT2D eigenvalue weighted by molar-refractivity contribution is 5.23. The summed E-state index contributed by atoms with van der Waals surface area (Å²) in [5.74, 6) is 0. The van der Waals surface area contributed by atoms with E-state index < -0.39 is 0 Å². The van der Waals surface area contributed by atoms with Crippen molar-refractivity contribution in [2.75, 3.05) is 7.05 Å². The van der Waals surface area contributed by atoms with Gasteiger partial charge in [-0.25, -0.2) is 0 Å². The predicted molar refractivity (Wildman–Crippen MR) is 67.3 cm³/mol. The van der Waals surface area contributed by atoms with Crippen LogP contribution in [0.15, 0.2) is 24.3 Å². The number of hydrogen-bond acceptors (Lipinski definition) is 1. The number of aryl methyl sites for hydroxylation is 2. The Bertz CT molecular complexity index is 280. The van der Waals surface area contributed by atoms with Gasteiger partial charge >= 0.3 is 0 Å². The second-order valence-electron chi connectivity index (χ2n) is 4.30. The monoisotopic (exact) mass is 205 g/mol. The molecule has 1 nitrogen and oxygen atoms in total. The van der Waals surface area contributed by atoms with Crippen LogP contribution in [0.2, 0.25) is 0 Å². The van der Waals surface area contributed by atoms with Gasteiger partial charge in [-0.2, -0.15) is 0 Å². The van der Waals surface area contributed by atoms with E-state index in [-0.39, 0.29) is 0 Å². The molecule has 1 N–H and O–H groups in total. The summed E-state index contributed by atoms with van der Waals surface area (Å²) in [4.78, 5) is 0. The van der Waals surface area contributed by atoms with E-state index in [1.54, 1.807) is 0 Å². The van der Waals surface area contributed by atoms with Gasteiger partial charge in [-0.15, -0.1) is 0 Å². The lowest BCUT2D eigenvalue weighted by Gasteiger charge is -2.10. The van der Waals surface area contributed by atoms with Gasteiger partial charge in [0, 0.05) is 6.04 Å². The summed E-state index contributed by atoms with van der Waals surface area (Å²) in [5, 5.41) is 3.27. The molecule has 15 heavy (non-hydrogen) atoms. The van der Waals surface area contributed by atoms with Crippen molar-refractivity contribution in [3.05, 3.63) is 35.4 Å². The van der Waals surface area contributed by atoms with E-state index in [2.05, 4.69) is 43.4 Å². The van der Waals surface area contributed by atoms with E-state index in [0.29, 0.717) is 6.04 Å². The van der Waals surface area contributed by atoms with Crippen LogP contribution in [-0.2, 0) is 12.8 Å². The van der Waals surface area contributed by atoms with E-state index in [1.807, 2.05) is 7.05 Å². The highest BCUT2D eigenvalue weighted by Crippen LogP contribution is 2.10. The minimum Gasteiger partial charge on any atom is -0.317 e. The molecule has 84 valence electrons. The van der Waals surface area contributed by atoms with E-state index in [9.17, 15) is 0 Å². The molecule has 0 spiro atoms. The Morgan fingerprint density at radius 2 is 1.87 bits per heavy atom. The lowest BCUT2D eigenvalue weighted by Crippen LogP contribution is -2.21. The molecule has 1 aromatic carbocycles. The first-order valence-electron chi connectivity index (χ1n) is 6.01. The molecular weight excluding hydrogens is 182 g/mol. The molecule has 0 aromatic heterocycles. The average molecular weight is 205 g/mol. The van der Waals surface area contributed by atoms with Crippen LogP contribution in [0.4, 0.5) is 0 Å². The molecule has 0 fully saturated rings. The third-order valence-corrected chi connectivity index (χ3v) is 2.89. The van der Waals surface area contributed by atoms with Gasteiger partial charge in [0.15, 0.2) is 0 Å². The van der Waals surface area contributed by atoms with Crippen LogP contribution >= 0.6 is 0 Å². The lowest BCUT2D eigenvalue weighted by molar-refractivity contribution is 0.565. The highest BCUT2D eigenvalue weighted by atomic mass is 14.8. The lowest BCUT2D eigenvalue weighted by atomic mass is 10.0. The fourth-order valence-electron chi connectivity index (χ4n) is 1.76. The van der Waals surface area contributed by atoms with Crippen molar-refractivity contribution in [3.63, 3.8) is 0 Å². The second kappa shape index (κ2) is 6.62. The van der Waals surface area contributed by atoms with Crippen molar-refractivity contribution in [2.24, 2.45) is 0 Å². The molecule has 0 aliphatic heterocycles. The van der Waals surface area contributed by atoms with E-state index in [4.69, 9.17) is 0 Å². The molecule has 0 aliphatic carbocycles. The number of rotatable bonds is 6. The molecule has 0 radical (unpaired) electrons. The third kappa shape index (κ3) is 4.48. The highest BCUT2D eigenvalue weighted by Gasteiger charge is 2.00. The Morgan fingerprint density at radius 1 is 1.20 bits per heavy atom. The Kier molecular flexibility index (Phi) is 5.41. The van der Waals surface area contributed by atoms with Crippen LogP contribution in [0.25, 0.3) is 0 Å². The molecule has 1 rings (SSSR count). The minimum absolute atomic E-state index is 0.611. The van der Waals surface area contributed by atoms with Gasteiger partial charge in [-0.05, 0) is 44.4 Å². The van der Waals surface area contributed by atoms with Crippen LogP contribution < -0.4 is 5.32 Å². The first-order chi connectivity index (χ1) is 7.26. The summed E-state index contributed by atoms with van der Waals surface area (Å²) in [6.07, 6.45) is 4.83. The van der Waals surface area contributed by atoms with Gasteiger partial charge in [-0.3, -0.25) is 0 Å². The Morgan fingerprint density at radius 3 is 2.47 bits per heavy atom. The number of nitrogens with one attached hydrogen (secondary N) is 1. The van der Waals surface area contributed by atoms with Gasteiger partial charge in [-0.1, -0.05) is 37.6 Å². The first kappa shape index (κ1) is 12.3. The van der Waals surface area contributed by atoms with Crippen molar-refractivity contribution in [2.45, 2.75) is 45.6 Å². The third-order valence-electron chi connectivity index (χ3n) is 2.89. The molecule has 0 aliphatic rings. The maximum absolute atomic E-state index is 3.27. The summed E-state index contributed by atoms with van der Waals surface area (Å²) >= 11 is 0. The molecule has 0 amide bonds. The van der Waals surface area contributed by atoms with Crippen LogP contribution in [0.3, 0.4) is 0 Å². The maximum atomic E-state index is 3.27. The zero-order valence-electron chi connectivity index (χ0n) is 10.2. The summed E-state index contributed by atoms with van der Waals surface area (Å²) < 4.78 is 0. The molecule has 1 atom stereocenters. The van der Waals surface area contributed by atoms with Crippen molar-refractivity contribution in [1.82, 2.24) is 5.32 Å². The van der Waals surface area contributed by atoms with Gasteiger partial charge < -0.3 is 5.32 Å². The summed E-state index contributed by atoms with van der Waals surface area (Å²) in [7, 11) is 2.03. The van der Waals surface area contributed by atoms with Gasteiger partial charge in [0.05, 0.1) is 0 Å². The maximum Gasteiger partial charge on any atom is 0.00388 e. The zero-order valence-corrected chi connectivity index (χ0v) is 10.2. The number of benzene rings is 1. The molecule has 1 unspecified atom stereocenters. The van der Waals surface area contributed by atoms with Gasteiger partial charge in [0.1, 0.15) is 0 Å². The molecule has 1 heteroatoms. The topological polar surface area (TPSA) is 12.0 Å². The van der Waals surface area contributed by atoms with Gasteiger partial charge in [0.2, 0.25) is 0 Å². The molecule has 0 saturated heterocycles. The Hall–Kier alpha value is -0.820. The minimum atomic E-state index is 0.611. The molecule has 0 bridgehead atoms. The zero-order chi connectivity index (χ0) is 11.1. The van der Waals surface area contributed by atoms with Crippen LogP contribution in [0, 0.1) is 0 Å². The molecule has 0 saturated carbocycles. The summed E-state index contributed by atoms with van der Waals surface area (Å²) in [6, 6.07) is 9.62. The fraction of sp³-hybridized carbons (Fsp3) is 0.571. The standard InChI is InChI=1S/C14H23N/c1-4-6-13-7-5-8-14(11-13)10-9-12(2)15-3/h5,7-8,11-12,15H,4,6,9-10H2,1-3H3. The smallest absolute Gasteiger partial charge is 0.00388 e. The Balaban J connectivity index is 2.50. The van der Waals surface area contributed by atoms with Crippen LogP contribution in [-0.4, -0.2) is 13.1 Å². The quantitative estimate of drug-likeness (QED) is 0.752. The van der Waals surface area contributed by atoms with Crippen molar-refractivity contribution in [1.29, 1.82) is 0 Å². The van der Waals surface area contributed by atoms with E-state index in [0.717, 1.165) is 0 Å². The average Bonchev–Trinajstić information content (AvgIpc) is 2.27. The largest absolute Gasteiger partial charge is 0.317 e. The molecule has 1 aromatic rings.